The van der Waals surface area contributed by atoms with Crippen LogP contribution in [0.1, 0.15) is 13.8 Å². The average molecular weight is 194 g/mol. The summed E-state index contributed by atoms with van der Waals surface area (Å²) < 4.78 is 5.28. The molecule has 4 nitrogen and oxygen atoms in total. The first kappa shape index (κ1) is 10.4. The Morgan fingerprint density at radius 1 is 1.57 bits per heavy atom. The first-order valence-corrected chi connectivity index (χ1v) is 4.43. The molecule has 1 amide bonds. The van der Waals surface area contributed by atoms with Crippen LogP contribution >= 0.6 is 0 Å². The molecule has 0 heterocycles. The van der Waals surface area contributed by atoms with Crippen molar-refractivity contribution in [1.82, 2.24) is 0 Å². The molecule has 0 aromatic heterocycles. The quantitative estimate of drug-likeness (QED) is 0.719. The van der Waals surface area contributed by atoms with Gasteiger partial charge in [0.1, 0.15) is 5.75 Å². The number of benzene rings is 1. The number of nitrogens with two attached hydrogens (primary N) is 1. The second-order valence-electron chi connectivity index (χ2n) is 2.87. The van der Waals surface area contributed by atoms with Gasteiger partial charge in [-0.2, -0.15) is 0 Å². The van der Waals surface area contributed by atoms with Gasteiger partial charge in [-0.15, -0.1) is 0 Å². The number of hydrogen-bond acceptors (Lipinski definition) is 3. The fraction of sp³-hybridized carbons (Fsp3) is 0.300. The maximum atomic E-state index is 10.8. The molecule has 76 valence electrons. The van der Waals surface area contributed by atoms with E-state index < -0.39 is 0 Å². The predicted octanol–water partition coefficient (Wildman–Crippen LogP) is 1.63. The molecule has 0 atom stereocenters. The molecule has 0 saturated heterocycles. The molecule has 0 aliphatic heterocycles. The molecule has 0 aliphatic carbocycles. The highest BCUT2D eigenvalue weighted by molar-refractivity contribution is 5.89. The summed E-state index contributed by atoms with van der Waals surface area (Å²) in [5.74, 6) is 0.482. The van der Waals surface area contributed by atoms with Gasteiger partial charge in [0.25, 0.3) is 0 Å². The Bertz CT molecular complexity index is 337. The van der Waals surface area contributed by atoms with Crippen molar-refractivity contribution in [3.63, 3.8) is 0 Å². The van der Waals surface area contributed by atoms with Gasteiger partial charge in [0, 0.05) is 18.7 Å². The Kier molecular flexibility index (Phi) is 3.34. The summed E-state index contributed by atoms with van der Waals surface area (Å²) >= 11 is 0. The summed E-state index contributed by atoms with van der Waals surface area (Å²) in [6.07, 6.45) is 0. The minimum Gasteiger partial charge on any atom is -0.492 e. The van der Waals surface area contributed by atoms with Gasteiger partial charge < -0.3 is 15.8 Å². The SMILES string of the molecule is CCOc1cc(NC(C)=O)ccc1N. The Labute approximate surface area is 83.1 Å². The van der Waals surface area contributed by atoms with Crippen LogP contribution in [0.25, 0.3) is 0 Å². The molecule has 1 aromatic carbocycles. The zero-order valence-electron chi connectivity index (χ0n) is 8.33. The molecule has 0 bridgehead atoms. The normalized spacial score (nSPS) is 9.57. The van der Waals surface area contributed by atoms with Crippen LogP contribution in [0, 0.1) is 0 Å². The number of carbonyl (C=O) groups is 1. The van der Waals surface area contributed by atoms with E-state index in [1.807, 2.05) is 6.92 Å². The smallest absolute Gasteiger partial charge is 0.221 e. The first-order valence-electron chi connectivity index (χ1n) is 4.43. The minimum atomic E-state index is -0.114. The third-order valence-corrected chi connectivity index (χ3v) is 1.63. The third-order valence-electron chi connectivity index (χ3n) is 1.63. The van der Waals surface area contributed by atoms with Crippen LogP contribution in [-0.2, 0) is 4.79 Å². The van der Waals surface area contributed by atoms with Crippen molar-refractivity contribution < 1.29 is 9.53 Å². The van der Waals surface area contributed by atoms with Gasteiger partial charge in [-0.3, -0.25) is 4.79 Å². The van der Waals surface area contributed by atoms with E-state index in [1.165, 1.54) is 6.92 Å². The highest BCUT2D eigenvalue weighted by Gasteiger charge is 2.02. The summed E-state index contributed by atoms with van der Waals surface area (Å²) in [6, 6.07) is 5.15. The van der Waals surface area contributed by atoms with Crippen molar-refractivity contribution in [3.8, 4) is 5.75 Å². The number of amides is 1. The topological polar surface area (TPSA) is 64.3 Å². The van der Waals surface area contributed by atoms with E-state index in [-0.39, 0.29) is 5.91 Å². The van der Waals surface area contributed by atoms with E-state index in [2.05, 4.69) is 5.32 Å². The fourth-order valence-electron chi connectivity index (χ4n) is 1.10. The second kappa shape index (κ2) is 4.50. The predicted molar refractivity (Wildman–Crippen MR) is 56.3 cm³/mol. The lowest BCUT2D eigenvalue weighted by Crippen LogP contribution is -2.06. The van der Waals surface area contributed by atoms with Gasteiger partial charge in [-0.1, -0.05) is 0 Å². The molecule has 1 aromatic rings. The van der Waals surface area contributed by atoms with Crippen molar-refractivity contribution in [1.29, 1.82) is 0 Å². The molecule has 0 saturated carbocycles. The molecule has 0 fully saturated rings. The Balaban J connectivity index is 2.88. The zero-order chi connectivity index (χ0) is 10.6. The van der Waals surface area contributed by atoms with E-state index in [0.29, 0.717) is 23.7 Å². The number of nitrogen functional groups attached to an aromatic ring is 1. The van der Waals surface area contributed by atoms with Crippen LogP contribution in [0.4, 0.5) is 11.4 Å². The second-order valence-corrected chi connectivity index (χ2v) is 2.87. The average Bonchev–Trinajstić information content (AvgIpc) is 2.10. The summed E-state index contributed by atoms with van der Waals surface area (Å²) in [5.41, 5.74) is 6.93. The Morgan fingerprint density at radius 2 is 2.29 bits per heavy atom. The number of rotatable bonds is 3. The van der Waals surface area contributed by atoms with E-state index in [0.717, 1.165) is 0 Å². The van der Waals surface area contributed by atoms with Gasteiger partial charge in [0.15, 0.2) is 0 Å². The molecule has 0 radical (unpaired) electrons. The lowest BCUT2D eigenvalue weighted by molar-refractivity contribution is -0.114. The van der Waals surface area contributed by atoms with E-state index in [1.54, 1.807) is 18.2 Å². The summed E-state index contributed by atoms with van der Waals surface area (Å²) in [4.78, 5) is 10.8. The molecule has 0 aliphatic rings. The fourth-order valence-corrected chi connectivity index (χ4v) is 1.10. The monoisotopic (exact) mass is 194 g/mol. The Morgan fingerprint density at radius 3 is 2.86 bits per heavy atom. The van der Waals surface area contributed by atoms with E-state index >= 15 is 0 Å². The van der Waals surface area contributed by atoms with Crippen LogP contribution in [-0.4, -0.2) is 12.5 Å². The van der Waals surface area contributed by atoms with Crippen LogP contribution in [0.2, 0.25) is 0 Å². The number of carbonyl (C=O) groups excluding carboxylic acids is 1. The van der Waals surface area contributed by atoms with Crippen molar-refractivity contribution in [3.05, 3.63) is 18.2 Å². The third kappa shape index (κ3) is 2.65. The highest BCUT2D eigenvalue weighted by atomic mass is 16.5. The number of anilines is 2. The van der Waals surface area contributed by atoms with Gasteiger partial charge in [-0.05, 0) is 19.1 Å². The lowest BCUT2D eigenvalue weighted by Gasteiger charge is -2.09. The number of hydrogen-bond donors (Lipinski definition) is 2. The first-order chi connectivity index (χ1) is 6.63. The molecule has 1 rings (SSSR count). The summed E-state index contributed by atoms with van der Waals surface area (Å²) in [6.45, 7) is 3.88. The van der Waals surface area contributed by atoms with Gasteiger partial charge in [-0.25, -0.2) is 0 Å². The molecule has 4 heteroatoms. The summed E-state index contributed by atoms with van der Waals surface area (Å²) in [7, 11) is 0. The van der Waals surface area contributed by atoms with Crippen LogP contribution in [0.5, 0.6) is 5.75 Å². The number of ether oxygens (including phenoxy) is 1. The molecule has 3 N–H and O–H groups in total. The maximum Gasteiger partial charge on any atom is 0.221 e. The van der Waals surface area contributed by atoms with Crippen molar-refractivity contribution in [2.24, 2.45) is 0 Å². The van der Waals surface area contributed by atoms with Gasteiger partial charge in [0.2, 0.25) is 5.91 Å². The molecule has 0 unspecified atom stereocenters. The number of nitrogens with one attached hydrogen (secondary N) is 1. The van der Waals surface area contributed by atoms with Crippen molar-refractivity contribution >= 4 is 17.3 Å². The summed E-state index contributed by atoms with van der Waals surface area (Å²) in [5, 5.41) is 2.66. The highest BCUT2D eigenvalue weighted by Crippen LogP contribution is 2.25. The zero-order valence-corrected chi connectivity index (χ0v) is 8.33. The molecular weight excluding hydrogens is 180 g/mol. The standard InChI is InChI=1S/C10H14N2O2/c1-3-14-10-6-8(12-7(2)13)4-5-9(10)11/h4-6H,3,11H2,1-2H3,(H,12,13). The van der Waals surface area contributed by atoms with E-state index in [9.17, 15) is 4.79 Å². The van der Waals surface area contributed by atoms with Crippen molar-refractivity contribution in [2.45, 2.75) is 13.8 Å². The van der Waals surface area contributed by atoms with Gasteiger partial charge >= 0.3 is 0 Å². The van der Waals surface area contributed by atoms with Crippen LogP contribution in [0.15, 0.2) is 18.2 Å². The van der Waals surface area contributed by atoms with Crippen molar-refractivity contribution in [2.75, 3.05) is 17.7 Å². The van der Waals surface area contributed by atoms with Crippen LogP contribution in [0.3, 0.4) is 0 Å². The van der Waals surface area contributed by atoms with E-state index in [4.69, 9.17) is 10.5 Å². The van der Waals surface area contributed by atoms with Crippen LogP contribution < -0.4 is 15.8 Å². The minimum absolute atomic E-state index is 0.114. The van der Waals surface area contributed by atoms with Gasteiger partial charge in [0.05, 0.1) is 12.3 Å². The maximum absolute atomic E-state index is 10.8. The molecular formula is C10H14N2O2. The molecule has 0 spiro atoms. The molecule has 14 heavy (non-hydrogen) atoms. The Hall–Kier alpha value is -1.71. The lowest BCUT2D eigenvalue weighted by atomic mass is 10.2. The largest absolute Gasteiger partial charge is 0.492 e.